The molecule has 0 fully saturated rings. The maximum Gasteiger partial charge on any atom is 0.345 e. The lowest BCUT2D eigenvalue weighted by atomic mass is 10.1. The highest BCUT2D eigenvalue weighted by atomic mass is 19.2. The van der Waals surface area contributed by atoms with Crippen LogP contribution in [-0.2, 0) is 4.74 Å². The standard InChI is InChI=1S/C9H7F3O3/c1-2-15-9(14)6-7(12)4(10)3-5(11)8(6)13/h3,13H,2H2,1H3. The van der Waals surface area contributed by atoms with Crippen molar-refractivity contribution >= 4 is 5.97 Å². The zero-order valence-electron chi connectivity index (χ0n) is 7.68. The summed E-state index contributed by atoms with van der Waals surface area (Å²) in [4.78, 5) is 11.0. The normalized spacial score (nSPS) is 10.1. The van der Waals surface area contributed by atoms with Crippen LogP contribution < -0.4 is 0 Å². The van der Waals surface area contributed by atoms with E-state index in [1.807, 2.05) is 0 Å². The van der Waals surface area contributed by atoms with Gasteiger partial charge in [-0.05, 0) is 6.92 Å². The first kappa shape index (κ1) is 11.4. The van der Waals surface area contributed by atoms with E-state index in [-0.39, 0.29) is 12.7 Å². The van der Waals surface area contributed by atoms with Gasteiger partial charge < -0.3 is 9.84 Å². The highest BCUT2D eigenvalue weighted by molar-refractivity contribution is 5.92. The van der Waals surface area contributed by atoms with E-state index in [1.54, 1.807) is 0 Å². The number of hydrogen-bond donors (Lipinski definition) is 1. The molecule has 0 aromatic heterocycles. The van der Waals surface area contributed by atoms with E-state index in [0.717, 1.165) is 0 Å². The molecule has 0 aliphatic heterocycles. The van der Waals surface area contributed by atoms with Gasteiger partial charge in [-0.1, -0.05) is 0 Å². The van der Waals surface area contributed by atoms with Crippen LogP contribution in [-0.4, -0.2) is 17.7 Å². The van der Waals surface area contributed by atoms with Gasteiger partial charge in [0, 0.05) is 6.07 Å². The zero-order valence-corrected chi connectivity index (χ0v) is 7.68. The van der Waals surface area contributed by atoms with Crippen molar-refractivity contribution in [3.8, 4) is 5.75 Å². The fourth-order valence-corrected chi connectivity index (χ4v) is 0.975. The van der Waals surface area contributed by atoms with Crippen LogP contribution in [0.4, 0.5) is 13.2 Å². The number of carbonyl (C=O) groups excluding carboxylic acids is 1. The van der Waals surface area contributed by atoms with E-state index in [9.17, 15) is 18.0 Å². The second kappa shape index (κ2) is 4.20. The Balaban J connectivity index is 3.32. The van der Waals surface area contributed by atoms with Crippen molar-refractivity contribution in [3.63, 3.8) is 0 Å². The highest BCUT2D eigenvalue weighted by Crippen LogP contribution is 2.26. The van der Waals surface area contributed by atoms with Crippen LogP contribution in [0.5, 0.6) is 5.75 Å². The Bertz CT molecular complexity index is 378. The summed E-state index contributed by atoms with van der Waals surface area (Å²) in [6, 6.07) is 0.146. The third kappa shape index (κ3) is 2.03. The van der Waals surface area contributed by atoms with Gasteiger partial charge in [-0.3, -0.25) is 0 Å². The molecule has 0 radical (unpaired) electrons. The number of hydrogen-bond acceptors (Lipinski definition) is 3. The van der Waals surface area contributed by atoms with E-state index < -0.39 is 34.7 Å². The molecule has 0 atom stereocenters. The predicted octanol–water partition coefficient (Wildman–Crippen LogP) is 1.99. The molecule has 1 rings (SSSR count). The van der Waals surface area contributed by atoms with Crippen molar-refractivity contribution < 1.29 is 27.8 Å². The molecule has 1 aromatic carbocycles. The molecular formula is C9H7F3O3. The minimum atomic E-state index is -1.63. The molecule has 0 heterocycles. The fraction of sp³-hybridized carbons (Fsp3) is 0.222. The van der Waals surface area contributed by atoms with Crippen LogP contribution >= 0.6 is 0 Å². The molecule has 0 unspecified atom stereocenters. The third-order valence-corrected chi connectivity index (χ3v) is 1.63. The molecule has 0 aliphatic rings. The van der Waals surface area contributed by atoms with Crippen LogP contribution in [0.2, 0.25) is 0 Å². The van der Waals surface area contributed by atoms with Gasteiger partial charge in [0.05, 0.1) is 6.61 Å². The number of aromatic hydroxyl groups is 1. The number of rotatable bonds is 2. The van der Waals surface area contributed by atoms with Crippen molar-refractivity contribution in [3.05, 3.63) is 29.1 Å². The highest BCUT2D eigenvalue weighted by Gasteiger charge is 2.24. The van der Waals surface area contributed by atoms with E-state index in [0.29, 0.717) is 0 Å². The van der Waals surface area contributed by atoms with Crippen LogP contribution in [0, 0.1) is 17.5 Å². The summed E-state index contributed by atoms with van der Waals surface area (Å²) in [5, 5.41) is 9.02. The molecule has 1 aromatic rings. The maximum absolute atomic E-state index is 13.0. The van der Waals surface area contributed by atoms with E-state index in [4.69, 9.17) is 5.11 Å². The third-order valence-electron chi connectivity index (χ3n) is 1.63. The minimum Gasteiger partial charge on any atom is -0.504 e. The summed E-state index contributed by atoms with van der Waals surface area (Å²) in [5.41, 5.74) is -1.13. The van der Waals surface area contributed by atoms with E-state index in [1.165, 1.54) is 6.92 Å². The maximum atomic E-state index is 13.0. The van der Waals surface area contributed by atoms with Crippen molar-refractivity contribution in [1.82, 2.24) is 0 Å². The molecule has 6 heteroatoms. The molecule has 0 aliphatic carbocycles. The number of phenolic OH excluding ortho intramolecular Hbond substituents is 1. The molecule has 0 spiro atoms. The predicted molar refractivity (Wildman–Crippen MR) is 43.9 cm³/mol. The molecule has 0 saturated heterocycles. The number of carbonyl (C=O) groups is 1. The topological polar surface area (TPSA) is 46.5 Å². The summed E-state index contributed by atoms with van der Waals surface area (Å²) in [6.07, 6.45) is 0. The average Bonchev–Trinajstić information content (AvgIpc) is 2.16. The average molecular weight is 220 g/mol. The van der Waals surface area contributed by atoms with Crippen LogP contribution in [0.1, 0.15) is 17.3 Å². The summed E-state index contributed by atoms with van der Waals surface area (Å²) in [7, 11) is 0. The monoisotopic (exact) mass is 220 g/mol. The number of benzene rings is 1. The first-order valence-corrected chi connectivity index (χ1v) is 4.02. The molecule has 82 valence electrons. The first-order chi connectivity index (χ1) is 6.99. The van der Waals surface area contributed by atoms with Crippen molar-refractivity contribution in [1.29, 1.82) is 0 Å². The lowest BCUT2D eigenvalue weighted by molar-refractivity contribution is 0.0515. The van der Waals surface area contributed by atoms with Gasteiger partial charge in [0.1, 0.15) is 5.56 Å². The number of halogens is 3. The lowest BCUT2D eigenvalue weighted by Gasteiger charge is -2.06. The Labute approximate surface area is 83.1 Å². The SMILES string of the molecule is CCOC(=O)c1c(O)c(F)cc(F)c1F. The van der Waals surface area contributed by atoms with E-state index in [2.05, 4.69) is 4.74 Å². The summed E-state index contributed by atoms with van der Waals surface area (Å²) >= 11 is 0. The van der Waals surface area contributed by atoms with Crippen LogP contribution in [0.25, 0.3) is 0 Å². The summed E-state index contributed by atoms with van der Waals surface area (Å²) in [5.74, 6) is -7.18. The molecular weight excluding hydrogens is 213 g/mol. The largest absolute Gasteiger partial charge is 0.504 e. The Hall–Kier alpha value is -1.72. The zero-order chi connectivity index (χ0) is 11.6. The molecule has 15 heavy (non-hydrogen) atoms. The quantitative estimate of drug-likeness (QED) is 0.612. The Morgan fingerprint density at radius 3 is 2.53 bits per heavy atom. The molecule has 0 saturated carbocycles. The van der Waals surface area contributed by atoms with Crippen LogP contribution in [0.15, 0.2) is 6.07 Å². The minimum absolute atomic E-state index is 0.101. The fourth-order valence-electron chi connectivity index (χ4n) is 0.975. The van der Waals surface area contributed by atoms with Crippen LogP contribution in [0.3, 0.4) is 0 Å². The van der Waals surface area contributed by atoms with Crippen molar-refractivity contribution in [2.24, 2.45) is 0 Å². The Kier molecular flexibility index (Phi) is 3.18. The van der Waals surface area contributed by atoms with E-state index >= 15 is 0 Å². The van der Waals surface area contributed by atoms with Crippen molar-refractivity contribution in [2.45, 2.75) is 6.92 Å². The smallest absolute Gasteiger partial charge is 0.345 e. The second-order valence-corrected chi connectivity index (χ2v) is 2.60. The number of ether oxygens (including phenoxy) is 1. The molecule has 3 nitrogen and oxygen atoms in total. The van der Waals surface area contributed by atoms with Gasteiger partial charge in [0.25, 0.3) is 0 Å². The Morgan fingerprint density at radius 2 is 2.00 bits per heavy atom. The van der Waals surface area contributed by atoms with Gasteiger partial charge in [-0.25, -0.2) is 18.0 Å². The molecule has 1 N–H and O–H groups in total. The second-order valence-electron chi connectivity index (χ2n) is 2.60. The summed E-state index contributed by atoms with van der Waals surface area (Å²) < 4.78 is 42.8. The van der Waals surface area contributed by atoms with Crippen molar-refractivity contribution in [2.75, 3.05) is 6.61 Å². The summed E-state index contributed by atoms with van der Waals surface area (Å²) in [6.45, 7) is 1.33. The number of phenols is 1. The molecule has 0 bridgehead atoms. The molecule has 0 amide bonds. The van der Waals surface area contributed by atoms with Gasteiger partial charge in [-0.2, -0.15) is 0 Å². The van der Waals surface area contributed by atoms with Gasteiger partial charge in [0.15, 0.2) is 23.2 Å². The first-order valence-electron chi connectivity index (χ1n) is 4.02. The Morgan fingerprint density at radius 1 is 1.40 bits per heavy atom. The lowest BCUT2D eigenvalue weighted by Crippen LogP contribution is -2.10. The van der Waals surface area contributed by atoms with Gasteiger partial charge in [0.2, 0.25) is 0 Å². The van der Waals surface area contributed by atoms with Gasteiger partial charge >= 0.3 is 5.97 Å². The van der Waals surface area contributed by atoms with Gasteiger partial charge in [-0.15, -0.1) is 0 Å². The number of esters is 1.